The van der Waals surface area contributed by atoms with Gasteiger partial charge in [0.05, 0.1) is 6.61 Å². The van der Waals surface area contributed by atoms with Crippen molar-refractivity contribution in [1.82, 2.24) is 0 Å². The van der Waals surface area contributed by atoms with E-state index in [9.17, 15) is 13.2 Å². The largest absolute Gasteiger partial charge is 0.491 e. The first-order valence-electron chi connectivity index (χ1n) is 10.9. The number of unbranched alkanes of at least 4 members (excludes halogenated alkanes) is 2. The predicted octanol–water partition coefficient (Wildman–Crippen LogP) is 7.68. The van der Waals surface area contributed by atoms with Crippen LogP contribution in [0, 0.1) is 17.5 Å². The maximum atomic E-state index is 14.5. The lowest BCUT2D eigenvalue weighted by atomic mass is 9.76. The van der Waals surface area contributed by atoms with Crippen LogP contribution < -0.4 is 4.74 Å². The summed E-state index contributed by atoms with van der Waals surface area (Å²) in [5, 5.41) is 0. The van der Waals surface area contributed by atoms with Gasteiger partial charge in [0.2, 0.25) is 5.82 Å². The molecule has 0 aliphatic heterocycles. The second kappa shape index (κ2) is 10.2. The number of rotatable bonds is 8. The van der Waals surface area contributed by atoms with Crippen molar-refractivity contribution in [3.63, 3.8) is 0 Å². The van der Waals surface area contributed by atoms with Crippen LogP contribution >= 0.6 is 0 Å². The predicted molar refractivity (Wildman–Crippen MR) is 111 cm³/mol. The minimum Gasteiger partial charge on any atom is -0.491 e. The Kier molecular flexibility index (Phi) is 7.63. The number of hydrogen-bond acceptors (Lipinski definition) is 1. The molecular weight excluding hydrogens is 373 g/mol. The summed E-state index contributed by atoms with van der Waals surface area (Å²) in [5.74, 6) is -1.55. The Hall–Kier alpha value is -1.97. The van der Waals surface area contributed by atoms with Gasteiger partial charge in [-0.3, -0.25) is 0 Å². The molecule has 4 heteroatoms. The number of benzene rings is 2. The van der Waals surface area contributed by atoms with Crippen molar-refractivity contribution in [2.24, 2.45) is 0 Å². The van der Waals surface area contributed by atoms with E-state index in [1.54, 1.807) is 19.1 Å². The summed E-state index contributed by atoms with van der Waals surface area (Å²) in [6.45, 7) is 4.19. The normalized spacial score (nSPS) is 19.3. The molecule has 0 atom stereocenters. The minimum atomic E-state index is -0.896. The highest BCUT2D eigenvalue weighted by Gasteiger charge is 2.27. The first-order chi connectivity index (χ1) is 14.0. The van der Waals surface area contributed by atoms with Crippen LogP contribution in [0.2, 0.25) is 0 Å². The fourth-order valence-corrected chi connectivity index (χ4v) is 4.45. The van der Waals surface area contributed by atoms with Gasteiger partial charge >= 0.3 is 0 Å². The van der Waals surface area contributed by atoms with Crippen molar-refractivity contribution >= 4 is 0 Å². The zero-order valence-electron chi connectivity index (χ0n) is 17.4. The van der Waals surface area contributed by atoms with Crippen molar-refractivity contribution in [3.05, 3.63) is 64.5 Å². The molecule has 1 aliphatic rings. The molecular formula is C25H31F3O. The third-order valence-corrected chi connectivity index (χ3v) is 6.14. The van der Waals surface area contributed by atoms with E-state index in [0.29, 0.717) is 12.2 Å². The van der Waals surface area contributed by atoms with Crippen molar-refractivity contribution in [2.45, 2.75) is 77.0 Å². The summed E-state index contributed by atoms with van der Waals surface area (Å²) in [5.41, 5.74) is 2.25. The molecule has 0 bridgehead atoms. The van der Waals surface area contributed by atoms with Gasteiger partial charge in [-0.2, -0.15) is 4.39 Å². The van der Waals surface area contributed by atoms with E-state index in [0.717, 1.165) is 62.5 Å². The van der Waals surface area contributed by atoms with Crippen molar-refractivity contribution in [1.29, 1.82) is 0 Å². The Morgan fingerprint density at radius 3 is 2.24 bits per heavy atom. The average Bonchev–Trinajstić information content (AvgIpc) is 2.73. The molecule has 1 fully saturated rings. The Morgan fingerprint density at radius 1 is 0.862 bits per heavy atom. The van der Waals surface area contributed by atoms with E-state index in [2.05, 4.69) is 6.92 Å². The van der Waals surface area contributed by atoms with Crippen molar-refractivity contribution < 1.29 is 17.9 Å². The first kappa shape index (κ1) is 21.7. The zero-order valence-corrected chi connectivity index (χ0v) is 17.4. The molecule has 0 radical (unpaired) electrons. The van der Waals surface area contributed by atoms with E-state index in [1.807, 2.05) is 12.1 Å². The van der Waals surface area contributed by atoms with Gasteiger partial charge < -0.3 is 4.74 Å². The molecule has 0 unspecified atom stereocenters. The molecule has 1 nitrogen and oxygen atoms in total. The van der Waals surface area contributed by atoms with Crippen LogP contribution in [0.25, 0.3) is 0 Å². The molecule has 0 heterocycles. The highest BCUT2D eigenvalue weighted by Crippen LogP contribution is 2.42. The van der Waals surface area contributed by atoms with Gasteiger partial charge in [0, 0.05) is 0 Å². The van der Waals surface area contributed by atoms with E-state index in [-0.39, 0.29) is 23.4 Å². The van der Waals surface area contributed by atoms with E-state index < -0.39 is 11.6 Å². The summed E-state index contributed by atoms with van der Waals surface area (Å²) in [6, 6.07) is 8.83. The molecule has 0 N–H and O–H groups in total. The molecule has 29 heavy (non-hydrogen) atoms. The molecule has 1 aliphatic carbocycles. The Labute approximate surface area is 172 Å². The highest BCUT2D eigenvalue weighted by atomic mass is 19.2. The molecule has 2 aromatic carbocycles. The third-order valence-electron chi connectivity index (χ3n) is 6.14. The standard InChI is InChI=1S/C25H31F3O/c1-3-5-6-7-19-12-13-20(16-22(19)26)17-8-10-18(11-9-17)21-14-15-23(29-4-2)25(28)24(21)27/h12-18H,3-11H2,1-2H3. The van der Waals surface area contributed by atoms with Gasteiger partial charge in [0.25, 0.3) is 0 Å². The topological polar surface area (TPSA) is 9.23 Å². The first-order valence-corrected chi connectivity index (χ1v) is 10.9. The van der Waals surface area contributed by atoms with Gasteiger partial charge in [-0.05, 0) is 86.1 Å². The smallest absolute Gasteiger partial charge is 0.200 e. The summed E-state index contributed by atoms with van der Waals surface area (Å²) in [6.07, 6.45) is 7.30. The van der Waals surface area contributed by atoms with Crippen LogP contribution in [-0.2, 0) is 6.42 Å². The zero-order chi connectivity index (χ0) is 20.8. The van der Waals surface area contributed by atoms with Gasteiger partial charge in [0.15, 0.2) is 11.6 Å². The van der Waals surface area contributed by atoms with Crippen molar-refractivity contribution in [2.75, 3.05) is 6.61 Å². The third kappa shape index (κ3) is 5.15. The van der Waals surface area contributed by atoms with Crippen LogP contribution in [0.4, 0.5) is 13.2 Å². The lowest BCUT2D eigenvalue weighted by molar-refractivity contribution is 0.310. The Balaban J connectivity index is 1.63. The van der Waals surface area contributed by atoms with E-state index in [4.69, 9.17) is 4.74 Å². The van der Waals surface area contributed by atoms with Gasteiger partial charge in [-0.15, -0.1) is 0 Å². The monoisotopic (exact) mass is 404 g/mol. The molecule has 158 valence electrons. The van der Waals surface area contributed by atoms with E-state index >= 15 is 0 Å². The summed E-state index contributed by atoms with van der Waals surface area (Å²) in [4.78, 5) is 0. The van der Waals surface area contributed by atoms with Gasteiger partial charge in [-0.1, -0.05) is 38.0 Å². The summed E-state index contributed by atoms with van der Waals surface area (Å²) < 4.78 is 48.3. The van der Waals surface area contributed by atoms with Crippen LogP contribution in [0.5, 0.6) is 5.75 Å². The van der Waals surface area contributed by atoms with Gasteiger partial charge in [-0.25, -0.2) is 8.78 Å². The van der Waals surface area contributed by atoms with Crippen LogP contribution in [0.3, 0.4) is 0 Å². The molecule has 1 saturated carbocycles. The average molecular weight is 405 g/mol. The van der Waals surface area contributed by atoms with Crippen LogP contribution in [0.1, 0.15) is 87.3 Å². The molecule has 3 rings (SSSR count). The second-order valence-corrected chi connectivity index (χ2v) is 8.07. The van der Waals surface area contributed by atoms with E-state index in [1.165, 1.54) is 6.07 Å². The number of ether oxygens (including phenoxy) is 1. The molecule has 2 aromatic rings. The number of hydrogen-bond donors (Lipinski definition) is 0. The molecule has 0 aromatic heterocycles. The quantitative estimate of drug-likeness (QED) is 0.410. The second-order valence-electron chi connectivity index (χ2n) is 8.07. The van der Waals surface area contributed by atoms with Gasteiger partial charge in [0.1, 0.15) is 5.82 Å². The number of halogens is 3. The minimum absolute atomic E-state index is 0.00501. The maximum absolute atomic E-state index is 14.5. The highest BCUT2D eigenvalue weighted by molar-refractivity contribution is 5.34. The molecule has 0 amide bonds. The van der Waals surface area contributed by atoms with Crippen LogP contribution in [-0.4, -0.2) is 6.61 Å². The lowest BCUT2D eigenvalue weighted by Gasteiger charge is -2.29. The van der Waals surface area contributed by atoms with Crippen molar-refractivity contribution in [3.8, 4) is 5.75 Å². The Bertz CT molecular complexity index is 810. The Morgan fingerprint density at radius 2 is 1.59 bits per heavy atom. The molecule has 0 saturated heterocycles. The lowest BCUT2D eigenvalue weighted by Crippen LogP contribution is -2.14. The van der Waals surface area contributed by atoms with Crippen LogP contribution in [0.15, 0.2) is 30.3 Å². The fraction of sp³-hybridized carbons (Fsp3) is 0.520. The number of aryl methyl sites for hydroxylation is 1. The summed E-state index contributed by atoms with van der Waals surface area (Å²) >= 11 is 0. The molecule has 0 spiro atoms. The summed E-state index contributed by atoms with van der Waals surface area (Å²) in [7, 11) is 0. The fourth-order valence-electron chi connectivity index (χ4n) is 4.45. The maximum Gasteiger partial charge on any atom is 0.200 e. The SMILES string of the molecule is CCCCCc1ccc(C2CCC(c3ccc(OCC)c(F)c3F)CC2)cc1F.